The average Bonchev–Trinajstić information content (AvgIpc) is 3.18. The van der Waals surface area contributed by atoms with Crippen LogP contribution >= 0.6 is 23.3 Å². The van der Waals surface area contributed by atoms with Crippen molar-refractivity contribution >= 4 is 50.3 Å². The van der Waals surface area contributed by atoms with Crippen LogP contribution in [0.3, 0.4) is 0 Å². The predicted octanol–water partition coefficient (Wildman–Crippen LogP) is 6.19. The molecule has 0 saturated carbocycles. The van der Waals surface area contributed by atoms with E-state index in [9.17, 15) is 9.59 Å². The topological polar surface area (TPSA) is 71.1 Å². The van der Waals surface area contributed by atoms with Crippen LogP contribution < -0.4 is 10.0 Å². The largest absolute Gasteiger partial charge is 0.329 e. The highest BCUT2D eigenvalue weighted by atomic mass is 32.2. The van der Waals surface area contributed by atoms with Crippen molar-refractivity contribution in [3.8, 4) is 10.6 Å². The first kappa shape index (κ1) is 20.1. The highest BCUT2D eigenvalue weighted by Gasteiger charge is 2.14. The second-order valence-electron chi connectivity index (χ2n) is 6.78. The maximum Gasteiger partial charge on any atom is 0.329 e. The third kappa shape index (κ3) is 4.37. The lowest BCUT2D eigenvalue weighted by Crippen LogP contribution is -2.24. The number of thiazole rings is 1. The minimum atomic E-state index is -0.454. The number of carbonyl (C=O) groups excluding carboxylic acids is 2. The fourth-order valence-electron chi connectivity index (χ4n) is 2.98. The van der Waals surface area contributed by atoms with Crippen molar-refractivity contribution in [2.24, 2.45) is 0 Å². The Kier molecular flexibility index (Phi) is 5.83. The van der Waals surface area contributed by atoms with Crippen molar-refractivity contribution < 1.29 is 9.59 Å². The number of fused-ring (bicyclic) bond motifs is 1. The molecule has 2 N–H and O–H groups in total. The number of nitrogens with zero attached hydrogens (tertiary/aromatic N) is 1. The molecule has 3 aromatic carbocycles. The normalized spacial score (nSPS) is 10.7. The van der Waals surface area contributed by atoms with Crippen LogP contribution in [0.2, 0.25) is 0 Å². The van der Waals surface area contributed by atoms with Gasteiger partial charge in [0.05, 0.1) is 10.2 Å². The molecule has 4 aromatic rings. The van der Waals surface area contributed by atoms with E-state index >= 15 is 0 Å². The number of benzene rings is 3. The van der Waals surface area contributed by atoms with E-state index in [-0.39, 0.29) is 5.12 Å². The van der Waals surface area contributed by atoms with Gasteiger partial charge in [-0.3, -0.25) is 9.52 Å². The first-order valence-electron chi connectivity index (χ1n) is 9.31. The molecule has 0 fully saturated rings. The third-order valence-corrected chi connectivity index (χ3v) is 6.41. The zero-order valence-corrected chi connectivity index (χ0v) is 18.1. The molecule has 30 heavy (non-hydrogen) atoms. The molecule has 0 unspecified atom stereocenters. The van der Waals surface area contributed by atoms with Gasteiger partial charge < -0.3 is 5.32 Å². The predicted molar refractivity (Wildman–Crippen MR) is 125 cm³/mol. The number of urea groups is 1. The first-order chi connectivity index (χ1) is 14.5. The Morgan fingerprint density at radius 3 is 2.47 bits per heavy atom. The Labute approximate surface area is 182 Å². The van der Waals surface area contributed by atoms with Crippen molar-refractivity contribution in [3.05, 3.63) is 83.4 Å². The number of hydrogen-bond donors (Lipinski definition) is 2. The molecular weight excluding hydrogens is 414 g/mol. The second-order valence-corrected chi connectivity index (χ2v) is 8.59. The van der Waals surface area contributed by atoms with Crippen molar-refractivity contribution in [3.63, 3.8) is 0 Å². The maximum absolute atomic E-state index is 12.3. The van der Waals surface area contributed by atoms with Crippen LogP contribution in [0.1, 0.15) is 21.5 Å². The van der Waals surface area contributed by atoms with Crippen molar-refractivity contribution in [2.45, 2.75) is 13.8 Å². The minimum Gasteiger partial charge on any atom is -0.307 e. The molecule has 5 nitrogen and oxygen atoms in total. The van der Waals surface area contributed by atoms with E-state index in [0.717, 1.165) is 43.9 Å². The Morgan fingerprint density at radius 2 is 1.70 bits per heavy atom. The van der Waals surface area contributed by atoms with E-state index in [4.69, 9.17) is 4.98 Å². The summed E-state index contributed by atoms with van der Waals surface area (Å²) in [5, 5.41) is 3.51. The van der Waals surface area contributed by atoms with Gasteiger partial charge in [0.1, 0.15) is 5.01 Å². The molecule has 0 bridgehead atoms. The quantitative estimate of drug-likeness (QED) is 0.378. The molecule has 0 spiro atoms. The molecule has 1 heterocycles. The van der Waals surface area contributed by atoms with Gasteiger partial charge in [0.25, 0.3) is 0 Å². The molecular formula is C23H19N3O2S2. The second kappa shape index (κ2) is 8.69. The SMILES string of the molecule is Cc1ccc(C(=O)SNC(=O)Nc2cccc(-c3nc4ccccc4s3)c2C)cc1. The molecule has 0 radical (unpaired) electrons. The van der Waals surface area contributed by atoms with E-state index in [0.29, 0.717) is 11.3 Å². The monoisotopic (exact) mass is 433 g/mol. The minimum absolute atomic E-state index is 0.218. The molecule has 2 amide bonds. The van der Waals surface area contributed by atoms with E-state index in [2.05, 4.69) is 10.0 Å². The third-order valence-electron chi connectivity index (χ3n) is 4.63. The van der Waals surface area contributed by atoms with Gasteiger partial charge in [-0.05, 0) is 37.6 Å². The van der Waals surface area contributed by atoms with Gasteiger partial charge in [-0.15, -0.1) is 11.3 Å². The van der Waals surface area contributed by atoms with Gasteiger partial charge in [0, 0.05) is 28.8 Å². The van der Waals surface area contributed by atoms with Crippen LogP contribution in [0.4, 0.5) is 10.5 Å². The van der Waals surface area contributed by atoms with Gasteiger partial charge in [-0.1, -0.05) is 54.1 Å². The standard InChI is InChI=1S/C23H19N3O2S2/c1-14-10-12-16(13-11-14)22(27)30-26-23(28)25-18-8-5-6-17(15(18)2)21-24-19-7-3-4-9-20(19)29-21/h3-13H,1-2H3,(H2,25,26,28). The number of aromatic nitrogens is 1. The molecule has 7 heteroatoms. The van der Waals surface area contributed by atoms with Crippen LogP contribution in [0.15, 0.2) is 66.7 Å². The Bertz CT molecular complexity index is 1200. The highest BCUT2D eigenvalue weighted by Crippen LogP contribution is 2.34. The summed E-state index contributed by atoms with van der Waals surface area (Å²) in [4.78, 5) is 29.3. The molecule has 0 aliphatic rings. The molecule has 0 saturated heterocycles. The summed E-state index contributed by atoms with van der Waals surface area (Å²) in [5.41, 5.74) is 5.14. The number of nitrogens with one attached hydrogen (secondary N) is 2. The lowest BCUT2D eigenvalue weighted by molar-refractivity contribution is 0.108. The van der Waals surface area contributed by atoms with Crippen molar-refractivity contribution in [1.29, 1.82) is 0 Å². The van der Waals surface area contributed by atoms with Gasteiger partial charge in [-0.2, -0.15) is 0 Å². The summed E-state index contributed by atoms with van der Waals surface area (Å²) in [6.07, 6.45) is 0. The zero-order chi connectivity index (χ0) is 21.1. The van der Waals surface area contributed by atoms with Gasteiger partial charge in [0.15, 0.2) is 0 Å². The lowest BCUT2D eigenvalue weighted by Gasteiger charge is -2.11. The Balaban J connectivity index is 1.45. The summed E-state index contributed by atoms with van der Waals surface area (Å²) < 4.78 is 3.68. The van der Waals surface area contributed by atoms with E-state index in [1.807, 2.05) is 68.4 Å². The van der Waals surface area contributed by atoms with E-state index < -0.39 is 6.03 Å². The Morgan fingerprint density at radius 1 is 0.933 bits per heavy atom. The summed E-state index contributed by atoms with van der Waals surface area (Å²) in [7, 11) is 0. The number of para-hydroxylation sites is 1. The van der Waals surface area contributed by atoms with Crippen LogP contribution in [0.5, 0.6) is 0 Å². The summed E-state index contributed by atoms with van der Waals surface area (Å²) in [6, 6.07) is 20.5. The van der Waals surface area contributed by atoms with Gasteiger partial charge >= 0.3 is 6.03 Å². The Hall–Kier alpha value is -3.16. The van der Waals surface area contributed by atoms with Crippen molar-refractivity contribution in [1.82, 2.24) is 9.71 Å². The summed E-state index contributed by atoms with van der Waals surface area (Å²) in [6.45, 7) is 3.90. The van der Waals surface area contributed by atoms with Gasteiger partial charge in [0.2, 0.25) is 5.12 Å². The highest BCUT2D eigenvalue weighted by molar-refractivity contribution is 8.12. The molecule has 0 atom stereocenters. The zero-order valence-electron chi connectivity index (χ0n) is 16.4. The van der Waals surface area contributed by atoms with Gasteiger partial charge in [-0.25, -0.2) is 9.78 Å². The number of aryl methyl sites for hydroxylation is 1. The van der Waals surface area contributed by atoms with Crippen molar-refractivity contribution in [2.75, 3.05) is 5.32 Å². The smallest absolute Gasteiger partial charge is 0.307 e. The molecule has 4 rings (SSSR count). The van der Waals surface area contributed by atoms with Crippen LogP contribution in [0, 0.1) is 13.8 Å². The average molecular weight is 434 g/mol. The molecule has 1 aromatic heterocycles. The first-order valence-corrected chi connectivity index (χ1v) is 10.9. The summed E-state index contributed by atoms with van der Waals surface area (Å²) in [5.74, 6) is 0. The molecule has 150 valence electrons. The number of rotatable bonds is 3. The lowest BCUT2D eigenvalue weighted by atomic mass is 10.1. The number of amides is 2. The maximum atomic E-state index is 12.3. The molecule has 0 aliphatic heterocycles. The fourth-order valence-corrected chi connectivity index (χ4v) is 4.52. The van der Waals surface area contributed by atoms with Crippen LogP contribution in [-0.2, 0) is 0 Å². The molecule has 0 aliphatic carbocycles. The number of hydrogen-bond acceptors (Lipinski definition) is 5. The van der Waals surface area contributed by atoms with Crippen LogP contribution in [0.25, 0.3) is 20.8 Å². The number of carbonyl (C=O) groups is 2. The fraction of sp³-hybridized carbons (Fsp3) is 0.0870. The van der Waals surface area contributed by atoms with E-state index in [1.54, 1.807) is 23.5 Å². The van der Waals surface area contributed by atoms with E-state index in [1.165, 1.54) is 0 Å². The number of anilines is 1. The summed E-state index contributed by atoms with van der Waals surface area (Å²) >= 11 is 2.38. The van der Waals surface area contributed by atoms with Crippen LogP contribution in [-0.4, -0.2) is 16.1 Å².